The molecule has 0 saturated heterocycles. The van der Waals surface area contributed by atoms with Crippen molar-refractivity contribution in [1.29, 1.82) is 0 Å². The Kier molecular flexibility index (Phi) is 7.79. The Labute approximate surface area is 351 Å². The molecule has 0 saturated carbocycles. The van der Waals surface area contributed by atoms with Gasteiger partial charge in [0.15, 0.2) is 5.69 Å². The van der Waals surface area contributed by atoms with E-state index in [0.717, 1.165) is 22.8 Å². The Balaban J connectivity index is 0.910. The number of nitrogens with one attached hydrogen (secondary N) is 1. The standard InChI is InChI=1S/C57H42N2O/c1-57(2)50-22-11-9-18-45(50)46-33-32-43(36-51(46)57)58(41-28-24-38(25-29-41)37-14-5-3-6-15-37)42-30-26-39(27-31-42)44-20-13-21-47-48-34-35-53-54(56(48)60-55(44)47)49-19-10-12-23-52(49)59(53)40-16-7-4-8-17-40/h3-36,47,55H,1-2H3/p+1. The summed E-state index contributed by atoms with van der Waals surface area (Å²) in [6.45, 7) is 4.71. The minimum atomic E-state index is -0.113. The maximum atomic E-state index is 7.17. The normalized spacial score (nSPS) is 18.3. The van der Waals surface area contributed by atoms with Crippen molar-refractivity contribution in [2.45, 2.75) is 31.3 Å². The van der Waals surface area contributed by atoms with E-state index < -0.39 is 0 Å². The van der Waals surface area contributed by atoms with E-state index in [1.807, 2.05) is 0 Å². The van der Waals surface area contributed by atoms with Crippen LogP contribution in [0, 0.1) is 0 Å². The highest BCUT2D eigenvalue weighted by Gasteiger charge is 2.44. The van der Waals surface area contributed by atoms with Crippen LogP contribution in [0.1, 0.15) is 42.0 Å². The molecule has 2 aliphatic carbocycles. The third kappa shape index (κ3) is 5.26. The first-order chi connectivity index (χ1) is 29.5. The SMILES string of the molecule is CC1(C)c2ccccc2-c2ccc(N(c3ccc(C4=CC=CC5c6ccc7c(c6OC45)-c4ccccc4[NH+]7c4ccccc4)cc3)c3ccc(-c4ccccc4)cc3)cc21. The summed E-state index contributed by atoms with van der Waals surface area (Å²) in [5.41, 5.74) is 20.9. The molecule has 4 aliphatic rings. The van der Waals surface area contributed by atoms with E-state index in [1.165, 1.54) is 83.2 Å². The fourth-order valence-electron chi connectivity index (χ4n) is 10.4. The summed E-state index contributed by atoms with van der Waals surface area (Å²) >= 11 is 0. The third-order valence-corrected chi connectivity index (χ3v) is 13.3. The molecule has 3 heteroatoms. The second-order valence-corrected chi connectivity index (χ2v) is 17.0. The maximum Gasteiger partial charge on any atom is 0.153 e. The number of rotatable bonds is 6. The smallest absolute Gasteiger partial charge is 0.153 e. The predicted octanol–water partition coefficient (Wildman–Crippen LogP) is 13.8. The molecule has 8 aromatic rings. The van der Waals surface area contributed by atoms with Crippen molar-refractivity contribution in [2.24, 2.45) is 0 Å². The monoisotopic (exact) mass is 771 g/mol. The predicted molar refractivity (Wildman–Crippen MR) is 247 cm³/mol. The Morgan fingerprint density at radius 3 is 1.90 bits per heavy atom. The average molecular weight is 772 g/mol. The fraction of sp³-hybridized carbons (Fsp3) is 0.0877. The average Bonchev–Trinajstić information content (AvgIpc) is 3.93. The zero-order chi connectivity index (χ0) is 40.0. The van der Waals surface area contributed by atoms with Crippen LogP contribution in [0.2, 0.25) is 0 Å². The van der Waals surface area contributed by atoms with E-state index in [-0.39, 0.29) is 17.4 Å². The van der Waals surface area contributed by atoms with Crippen LogP contribution in [0.5, 0.6) is 5.75 Å². The number of ether oxygens (including phenoxy) is 1. The molecular weight excluding hydrogens is 729 g/mol. The topological polar surface area (TPSA) is 16.9 Å². The summed E-state index contributed by atoms with van der Waals surface area (Å²) in [5.74, 6) is 1.15. The molecule has 60 heavy (non-hydrogen) atoms. The largest absolute Gasteiger partial charge is 0.484 e. The Morgan fingerprint density at radius 2 is 1.13 bits per heavy atom. The second kappa shape index (κ2) is 13.4. The first kappa shape index (κ1) is 34.8. The van der Waals surface area contributed by atoms with Gasteiger partial charge < -0.3 is 9.64 Å². The van der Waals surface area contributed by atoms with Crippen LogP contribution in [0.3, 0.4) is 0 Å². The molecule has 2 heterocycles. The molecule has 0 aromatic heterocycles. The number of hydrogen-bond acceptors (Lipinski definition) is 2. The van der Waals surface area contributed by atoms with Crippen molar-refractivity contribution in [3.05, 3.63) is 229 Å². The van der Waals surface area contributed by atoms with Gasteiger partial charge in [-0.25, -0.2) is 4.90 Å². The number of nitrogens with zero attached hydrogens (tertiary/aromatic N) is 1. The summed E-state index contributed by atoms with van der Waals surface area (Å²) in [5, 5.41) is 0. The van der Waals surface area contributed by atoms with Crippen LogP contribution in [0.15, 0.2) is 206 Å². The van der Waals surface area contributed by atoms with Crippen molar-refractivity contribution >= 4 is 39.7 Å². The Hall–Kier alpha value is -7.20. The van der Waals surface area contributed by atoms with Crippen LogP contribution in [-0.2, 0) is 5.41 Å². The molecule has 3 nitrogen and oxygen atoms in total. The first-order valence-corrected chi connectivity index (χ1v) is 21.1. The molecule has 0 bridgehead atoms. The van der Waals surface area contributed by atoms with E-state index in [1.54, 1.807) is 0 Å². The van der Waals surface area contributed by atoms with E-state index in [2.05, 4.69) is 225 Å². The fourth-order valence-corrected chi connectivity index (χ4v) is 10.4. The molecule has 286 valence electrons. The van der Waals surface area contributed by atoms with E-state index >= 15 is 0 Å². The van der Waals surface area contributed by atoms with Gasteiger partial charge in [0.05, 0.1) is 11.1 Å². The molecular formula is C57H43N2O+. The van der Waals surface area contributed by atoms with Crippen LogP contribution >= 0.6 is 0 Å². The molecule has 1 N–H and O–H groups in total. The Bertz CT molecular complexity index is 3030. The summed E-state index contributed by atoms with van der Waals surface area (Å²) in [4.78, 5) is 3.68. The lowest BCUT2D eigenvalue weighted by atomic mass is 9.82. The quantitative estimate of drug-likeness (QED) is 0.181. The maximum absolute atomic E-state index is 7.17. The van der Waals surface area contributed by atoms with Gasteiger partial charge in [0.25, 0.3) is 0 Å². The van der Waals surface area contributed by atoms with Gasteiger partial charge in [-0.1, -0.05) is 147 Å². The van der Waals surface area contributed by atoms with Gasteiger partial charge in [0, 0.05) is 51.7 Å². The van der Waals surface area contributed by atoms with Crippen molar-refractivity contribution < 1.29 is 9.64 Å². The van der Waals surface area contributed by atoms with Gasteiger partial charge in [0.1, 0.15) is 23.2 Å². The minimum absolute atomic E-state index is 0.103. The zero-order valence-electron chi connectivity index (χ0n) is 33.6. The number of fused-ring (bicyclic) bond motifs is 10. The Morgan fingerprint density at radius 1 is 0.517 bits per heavy atom. The van der Waals surface area contributed by atoms with E-state index in [9.17, 15) is 0 Å². The molecule has 0 fully saturated rings. The van der Waals surface area contributed by atoms with Crippen molar-refractivity contribution in [3.63, 3.8) is 0 Å². The summed E-state index contributed by atoms with van der Waals surface area (Å²) in [7, 11) is 0. The van der Waals surface area contributed by atoms with Crippen LogP contribution < -0.4 is 14.5 Å². The van der Waals surface area contributed by atoms with Crippen LogP contribution in [-0.4, -0.2) is 6.10 Å². The molecule has 0 radical (unpaired) electrons. The lowest BCUT2D eigenvalue weighted by molar-refractivity contribution is -0.677. The number of hydrogen-bond donors (Lipinski definition) is 1. The van der Waals surface area contributed by atoms with E-state index in [4.69, 9.17) is 4.74 Å². The molecule has 12 rings (SSSR count). The summed E-state index contributed by atoms with van der Waals surface area (Å²) < 4.78 is 7.17. The van der Waals surface area contributed by atoms with Gasteiger partial charge in [-0.3, -0.25) is 0 Å². The van der Waals surface area contributed by atoms with Gasteiger partial charge in [-0.05, 0) is 99.6 Å². The molecule has 2 aliphatic heterocycles. The van der Waals surface area contributed by atoms with Gasteiger partial charge >= 0.3 is 0 Å². The molecule has 3 atom stereocenters. The molecule has 3 unspecified atom stereocenters. The van der Waals surface area contributed by atoms with Crippen molar-refractivity contribution in [1.82, 2.24) is 0 Å². The van der Waals surface area contributed by atoms with Crippen LogP contribution in [0.4, 0.5) is 34.1 Å². The highest BCUT2D eigenvalue weighted by atomic mass is 16.5. The van der Waals surface area contributed by atoms with E-state index in [0.29, 0.717) is 0 Å². The second-order valence-electron chi connectivity index (χ2n) is 17.0. The van der Waals surface area contributed by atoms with Crippen LogP contribution in [0.25, 0.3) is 39.0 Å². The number of quaternary nitrogens is 1. The molecule has 0 spiro atoms. The lowest BCUT2D eigenvalue weighted by Crippen LogP contribution is -2.95. The zero-order valence-corrected chi connectivity index (χ0v) is 33.6. The number of benzene rings is 8. The summed E-state index contributed by atoms with van der Waals surface area (Å²) in [6, 6.07) is 68.8. The number of anilines is 3. The van der Waals surface area contributed by atoms with Gasteiger partial charge in [-0.2, -0.15) is 0 Å². The lowest BCUT2D eigenvalue weighted by Gasteiger charge is -2.29. The van der Waals surface area contributed by atoms with Gasteiger partial charge in [0.2, 0.25) is 0 Å². The van der Waals surface area contributed by atoms with Crippen molar-refractivity contribution in [3.8, 4) is 39.1 Å². The number of allylic oxidation sites excluding steroid dienone is 2. The van der Waals surface area contributed by atoms with Crippen molar-refractivity contribution in [2.75, 3.05) is 4.90 Å². The molecule has 8 aromatic carbocycles. The highest BCUT2D eigenvalue weighted by molar-refractivity contribution is 5.93. The third-order valence-electron chi connectivity index (χ3n) is 13.3. The highest BCUT2D eigenvalue weighted by Crippen LogP contribution is 2.55. The minimum Gasteiger partial charge on any atom is -0.484 e. The first-order valence-electron chi connectivity index (χ1n) is 21.1. The number of para-hydroxylation sites is 2. The van der Waals surface area contributed by atoms with Gasteiger partial charge in [-0.15, -0.1) is 0 Å². The summed E-state index contributed by atoms with van der Waals surface area (Å²) in [6.07, 6.45) is 6.67. The molecule has 0 amide bonds.